The standard InChI is InChI=1S/C11H20BrNO/c1-8(12)7-13-9-6-10(2,3)14-11(9,4)5/h9,13H,1,6-7H2,2-5H3. The van der Waals surface area contributed by atoms with Crippen molar-refractivity contribution in [3.05, 3.63) is 11.1 Å². The van der Waals surface area contributed by atoms with Crippen LogP contribution in [0.1, 0.15) is 34.1 Å². The molecule has 1 unspecified atom stereocenters. The van der Waals surface area contributed by atoms with Crippen LogP contribution in [0.5, 0.6) is 0 Å². The lowest BCUT2D eigenvalue weighted by Crippen LogP contribution is -2.43. The Bertz CT molecular complexity index is 235. The maximum absolute atomic E-state index is 5.97. The minimum absolute atomic E-state index is 0.0190. The van der Waals surface area contributed by atoms with Gasteiger partial charge in [0.25, 0.3) is 0 Å². The first-order chi connectivity index (χ1) is 6.23. The highest BCUT2D eigenvalue weighted by Gasteiger charge is 2.45. The topological polar surface area (TPSA) is 21.3 Å². The highest BCUT2D eigenvalue weighted by atomic mass is 79.9. The van der Waals surface area contributed by atoms with Crippen molar-refractivity contribution < 1.29 is 4.74 Å². The molecule has 82 valence electrons. The van der Waals surface area contributed by atoms with Crippen LogP contribution in [0, 0.1) is 0 Å². The fourth-order valence-electron chi connectivity index (χ4n) is 2.11. The van der Waals surface area contributed by atoms with Crippen molar-refractivity contribution in [3.63, 3.8) is 0 Å². The van der Waals surface area contributed by atoms with Crippen LogP contribution >= 0.6 is 15.9 Å². The smallest absolute Gasteiger partial charge is 0.0787 e. The molecule has 14 heavy (non-hydrogen) atoms. The first-order valence-electron chi connectivity index (χ1n) is 5.00. The van der Waals surface area contributed by atoms with Crippen molar-refractivity contribution in [1.29, 1.82) is 0 Å². The molecule has 1 atom stereocenters. The molecule has 1 aliphatic heterocycles. The molecule has 0 aromatic heterocycles. The fraction of sp³-hybridized carbons (Fsp3) is 0.818. The van der Waals surface area contributed by atoms with E-state index in [1.165, 1.54) is 0 Å². The van der Waals surface area contributed by atoms with Gasteiger partial charge in [-0.25, -0.2) is 0 Å². The molecular weight excluding hydrogens is 242 g/mol. The molecule has 1 heterocycles. The zero-order chi connectivity index (χ0) is 11.0. The molecule has 1 fully saturated rings. The van der Waals surface area contributed by atoms with Crippen LogP contribution in [0.3, 0.4) is 0 Å². The fourth-order valence-corrected chi connectivity index (χ4v) is 2.28. The van der Waals surface area contributed by atoms with Crippen molar-refractivity contribution >= 4 is 15.9 Å². The van der Waals surface area contributed by atoms with Gasteiger partial charge in [0, 0.05) is 17.1 Å². The van der Waals surface area contributed by atoms with Crippen molar-refractivity contribution in [2.24, 2.45) is 0 Å². The lowest BCUT2D eigenvalue weighted by atomic mass is 9.94. The molecule has 1 saturated heterocycles. The second kappa shape index (κ2) is 3.95. The number of hydrogen-bond donors (Lipinski definition) is 1. The van der Waals surface area contributed by atoms with Gasteiger partial charge in [-0.15, -0.1) is 0 Å². The molecule has 1 N–H and O–H groups in total. The number of hydrogen-bond acceptors (Lipinski definition) is 2. The van der Waals surface area contributed by atoms with Crippen LogP contribution in [0.25, 0.3) is 0 Å². The van der Waals surface area contributed by atoms with E-state index in [1.54, 1.807) is 0 Å². The second-order valence-corrected chi connectivity index (χ2v) is 6.24. The van der Waals surface area contributed by atoms with E-state index in [2.05, 4.69) is 55.5 Å². The zero-order valence-corrected chi connectivity index (χ0v) is 11.1. The minimum atomic E-state index is -0.0913. The van der Waals surface area contributed by atoms with Gasteiger partial charge in [-0.1, -0.05) is 22.5 Å². The highest BCUT2D eigenvalue weighted by molar-refractivity contribution is 9.11. The quantitative estimate of drug-likeness (QED) is 0.844. The van der Waals surface area contributed by atoms with Gasteiger partial charge in [-0.3, -0.25) is 0 Å². The highest BCUT2D eigenvalue weighted by Crippen LogP contribution is 2.37. The third-order valence-corrected chi connectivity index (χ3v) is 2.89. The Morgan fingerprint density at radius 2 is 2.07 bits per heavy atom. The summed E-state index contributed by atoms with van der Waals surface area (Å²) in [5, 5.41) is 3.46. The number of nitrogens with one attached hydrogen (secondary N) is 1. The molecule has 0 aromatic rings. The maximum atomic E-state index is 5.97. The minimum Gasteiger partial charge on any atom is -0.368 e. The average Bonchev–Trinajstić information content (AvgIpc) is 2.14. The monoisotopic (exact) mass is 261 g/mol. The zero-order valence-electron chi connectivity index (χ0n) is 9.48. The molecule has 0 amide bonds. The second-order valence-electron chi connectivity index (χ2n) is 5.12. The van der Waals surface area contributed by atoms with E-state index in [0.29, 0.717) is 6.04 Å². The first-order valence-corrected chi connectivity index (χ1v) is 5.79. The van der Waals surface area contributed by atoms with E-state index in [-0.39, 0.29) is 11.2 Å². The third kappa shape index (κ3) is 3.07. The normalized spacial score (nSPS) is 29.1. The predicted octanol–water partition coefficient (Wildman–Crippen LogP) is 2.83. The largest absolute Gasteiger partial charge is 0.368 e. The van der Waals surface area contributed by atoms with Gasteiger partial charge in [0.2, 0.25) is 0 Å². The van der Waals surface area contributed by atoms with Crippen LogP contribution in [0.15, 0.2) is 11.1 Å². The van der Waals surface area contributed by atoms with Gasteiger partial charge in [0.05, 0.1) is 11.2 Å². The average molecular weight is 262 g/mol. The van der Waals surface area contributed by atoms with Gasteiger partial charge < -0.3 is 10.1 Å². The van der Waals surface area contributed by atoms with Gasteiger partial charge in [-0.2, -0.15) is 0 Å². The Morgan fingerprint density at radius 3 is 2.43 bits per heavy atom. The van der Waals surface area contributed by atoms with E-state index in [0.717, 1.165) is 17.4 Å². The molecule has 0 spiro atoms. The number of ether oxygens (including phenoxy) is 1. The van der Waals surface area contributed by atoms with E-state index in [9.17, 15) is 0 Å². The molecule has 3 heteroatoms. The summed E-state index contributed by atoms with van der Waals surface area (Å²) in [7, 11) is 0. The van der Waals surface area contributed by atoms with E-state index in [4.69, 9.17) is 4.74 Å². The summed E-state index contributed by atoms with van der Waals surface area (Å²) in [5.74, 6) is 0. The van der Waals surface area contributed by atoms with E-state index < -0.39 is 0 Å². The first kappa shape index (κ1) is 12.2. The molecule has 0 aliphatic carbocycles. The van der Waals surface area contributed by atoms with Crippen LogP contribution in [0.2, 0.25) is 0 Å². The number of halogens is 1. The Hall–Kier alpha value is 0.140. The SMILES string of the molecule is C=C(Br)CNC1CC(C)(C)OC1(C)C. The summed E-state index contributed by atoms with van der Waals surface area (Å²) >= 11 is 3.35. The summed E-state index contributed by atoms with van der Waals surface area (Å²) in [6.07, 6.45) is 1.04. The maximum Gasteiger partial charge on any atom is 0.0787 e. The van der Waals surface area contributed by atoms with Gasteiger partial charge in [0.1, 0.15) is 0 Å². The Kier molecular flexibility index (Phi) is 3.45. The van der Waals surface area contributed by atoms with Crippen molar-refractivity contribution in [3.8, 4) is 0 Å². The van der Waals surface area contributed by atoms with Crippen LogP contribution in [-0.2, 0) is 4.74 Å². The van der Waals surface area contributed by atoms with Crippen LogP contribution in [-0.4, -0.2) is 23.8 Å². The summed E-state index contributed by atoms with van der Waals surface area (Å²) in [4.78, 5) is 0. The Labute approximate surface area is 95.2 Å². The molecule has 2 nitrogen and oxygen atoms in total. The molecule has 1 rings (SSSR count). The Balaban J connectivity index is 2.57. The van der Waals surface area contributed by atoms with E-state index >= 15 is 0 Å². The summed E-state index contributed by atoms with van der Waals surface area (Å²) in [5.41, 5.74) is -0.110. The van der Waals surface area contributed by atoms with Crippen LogP contribution in [0.4, 0.5) is 0 Å². The molecular formula is C11H20BrNO. The predicted molar refractivity (Wildman–Crippen MR) is 63.7 cm³/mol. The van der Waals surface area contributed by atoms with Crippen molar-refractivity contribution in [2.45, 2.75) is 51.4 Å². The molecule has 0 radical (unpaired) electrons. The van der Waals surface area contributed by atoms with Gasteiger partial charge >= 0.3 is 0 Å². The molecule has 0 bridgehead atoms. The summed E-state index contributed by atoms with van der Waals surface area (Å²) in [6, 6.07) is 0.395. The lowest BCUT2D eigenvalue weighted by molar-refractivity contribution is -0.0696. The van der Waals surface area contributed by atoms with Gasteiger partial charge in [-0.05, 0) is 34.1 Å². The van der Waals surface area contributed by atoms with Crippen LogP contribution < -0.4 is 5.32 Å². The molecule has 0 saturated carbocycles. The summed E-state index contributed by atoms with van der Waals surface area (Å²) < 4.78 is 6.96. The van der Waals surface area contributed by atoms with Gasteiger partial charge in [0.15, 0.2) is 0 Å². The van der Waals surface area contributed by atoms with Crippen molar-refractivity contribution in [2.75, 3.05) is 6.54 Å². The van der Waals surface area contributed by atoms with Crippen molar-refractivity contribution in [1.82, 2.24) is 5.32 Å². The lowest BCUT2D eigenvalue weighted by Gasteiger charge is -2.27. The molecule has 0 aromatic carbocycles. The number of rotatable bonds is 3. The summed E-state index contributed by atoms with van der Waals surface area (Å²) in [6.45, 7) is 13.2. The van der Waals surface area contributed by atoms with E-state index in [1.807, 2.05) is 0 Å². The Morgan fingerprint density at radius 1 is 1.50 bits per heavy atom. The molecule has 1 aliphatic rings. The third-order valence-electron chi connectivity index (χ3n) is 2.61.